The van der Waals surface area contributed by atoms with E-state index in [0.29, 0.717) is 5.41 Å². The third-order valence-corrected chi connectivity index (χ3v) is 5.74. The van der Waals surface area contributed by atoms with Crippen molar-refractivity contribution < 1.29 is 9.47 Å². The van der Waals surface area contributed by atoms with E-state index in [2.05, 4.69) is 15.9 Å². The van der Waals surface area contributed by atoms with Crippen LogP contribution in [0, 0.1) is 11.3 Å². The van der Waals surface area contributed by atoms with Crippen molar-refractivity contribution in [2.45, 2.75) is 51.4 Å². The Hall–Kier alpha value is 0.400. The van der Waals surface area contributed by atoms with Crippen molar-refractivity contribution in [2.24, 2.45) is 11.3 Å². The van der Waals surface area contributed by atoms with E-state index in [9.17, 15) is 0 Å². The zero-order valence-corrected chi connectivity index (χ0v) is 13.1. The predicted molar refractivity (Wildman–Crippen MR) is 78.3 cm³/mol. The number of hydrogen-bond donors (Lipinski definition) is 0. The zero-order chi connectivity index (χ0) is 12.7. The van der Waals surface area contributed by atoms with Gasteiger partial charge in [-0.25, -0.2) is 0 Å². The van der Waals surface area contributed by atoms with Crippen LogP contribution in [-0.2, 0) is 9.47 Å². The summed E-state index contributed by atoms with van der Waals surface area (Å²) in [5.74, 6) is 0.733. The van der Waals surface area contributed by atoms with Crippen molar-refractivity contribution in [1.82, 2.24) is 0 Å². The molecule has 0 spiro atoms. The van der Waals surface area contributed by atoms with Crippen LogP contribution in [0.3, 0.4) is 0 Å². The van der Waals surface area contributed by atoms with E-state index < -0.39 is 0 Å². The lowest BCUT2D eigenvalue weighted by atomic mass is 9.83. The number of hydrogen-bond acceptors (Lipinski definition) is 2. The molecule has 1 saturated carbocycles. The van der Waals surface area contributed by atoms with E-state index in [0.717, 1.165) is 37.7 Å². The molecule has 1 aliphatic carbocycles. The van der Waals surface area contributed by atoms with Gasteiger partial charge < -0.3 is 9.47 Å². The first-order valence-electron chi connectivity index (χ1n) is 7.56. The second-order valence-electron chi connectivity index (χ2n) is 6.12. The lowest BCUT2D eigenvalue weighted by Crippen LogP contribution is -2.30. The molecule has 0 atom stereocenters. The van der Waals surface area contributed by atoms with Crippen molar-refractivity contribution in [2.75, 3.05) is 31.8 Å². The molecule has 0 N–H and O–H groups in total. The predicted octanol–water partition coefficient (Wildman–Crippen LogP) is 4.17. The summed E-state index contributed by atoms with van der Waals surface area (Å²) < 4.78 is 11.5. The summed E-state index contributed by atoms with van der Waals surface area (Å²) >= 11 is 3.73. The average molecular weight is 319 g/mol. The Labute approximate surface area is 120 Å². The molecule has 18 heavy (non-hydrogen) atoms. The number of ether oxygens (including phenoxy) is 2. The second kappa shape index (κ2) is 7.86. The highest BCUT2D eigenvalue weighted by Gasteiger charge is 2.30. The molecule has 2 rings (SSSR count). The van der Waals surface area contributed by atoms with Crippen molar-refractivity contribution in [3.8, 4) is 0 Å². The fourth-order valence-electron chi connectivity index (χ4n) is 3.15. The molecule has 3 heteroatoms. The maximum absolute atomic E-state index is 6.08. The fraction of sp³-hybridized carbons (Fsp3) is 1.00. The lowest BCUT2D eigenvalue weighted by Gasteiger charge is -2.31. The van der Waals surface area contributed by atoms with E-state index in [-0.39, 0.29) is 0 Å². The van der Waals surface area contributed by atoms with Crippen molar-refractivity contribution in [1.29, 1.82) is 0 Å². The van der Waals surface area contributed by atoms with E-state index in [1.807, 2.05) is 0 Å². The van der Waals surface area contributed by atoms with Crippen LogP contribution in [0.1, 0.15) is 51.4 Å². The fourth-order valence-corrected chi connectivity index (χ4v) is 3.87. The molecule has 0 amide bonds. The smallest absolute Gasteiger partial charge is 0.0530 e. The standard InChI is InChI=1S/C15H27BrO2/c16-12-15(7-3-1-2-4-8-15)13-18-11-14-5-9-17-10-6-14/h14H,1-13H2. The normalized spacial score (nSPS) is 25.8. The molecule has 0 aromatic rings. The highest BCUT2D eigenvalue weighted by atomic mass is 79.9. The van der Waals surface area contributed by atoms with Crippen molar-refractivity contribution in [3.05, 3.63) is 0 Å². The SMILES string of the molecule is BrCC1(COCC2CCOCC2)CCCCCC1. The van der Waals surface area contributed by atoms with Gasteiger partial charge in [0.1, 0.15) is 0 Å². The van der Waals surface area contributed by atoms with E-state index >= 15 is 0 Å². The first-order chi connectivity index (χ1) is 8.85. The summed E-state index contributed by atoms with van der Waals surface area (Å²) in [6.45, 7) is 3.75. The van der Waals surface area contributed by atoms with Gasteiger partial charge in [-0.2, -0.15) is 0 Å². The molecule has 0 bridgehead atoms. The van der Waals surface area contributed by atoms with Gasteiger partial charge in [0.05, 0.1) is 6.61 Å². The highest BCUT2D eigenvalue weighted by molar-refractivity contribution is 9.09. The van der Waals surface area contributed by atoms with Gasteiger partial charge in [-0.05, 0) is 31.6 Å². The molecular formula is C15H27BrO2. The zero-order valence-electron chi connectivity index (χ0n) is 11.5. The average Bonchev–Trinajstić information content (AvgIpc) is 2.66. The largest absolute Gasteiger partial charge is 0.381 e. The van der Waals surface area contributed by atoms with Crippen LogP contribution in [0.15, 0.2) is 0 Å². The minimum Gasteiger partial charge on any atom is -0.381 e. The van der Waals surface area contributed by atoms with Gasteiger partial charge in [-0.15, -0.1) is 0 Å². The Morgan fingerprint density at radius 3 is 2.33 bits per heavy atom. The minimum atomic E-state index is 0.418. The quantitative estimate of drug-likeness (QED) is 0.559. The van der Waals surface area contributed by atoms with Crippen molar-refractivity contribution in [3.63, 3.8) is 0 Å². The molecule has 1 saturated heterocycles. The Bertz CT molecular complexity index is 219. The van der Waals surface area contributed by atoms with Gasteiger partial charge in [0, 0.05) is 30.6 Å². The lowest BCUT2D eigenvalue weighted by molar-refractivity contribution is -0.00754. The Morgan fingerprint density at radius 2 is 1.72 bits per heavy atom. The van der Waals surface area contributed by atoms with Crippen molar-refractivity contribution >= 4 is 15.9 Å². The maximum Gasteiger partial charge on any atom is 0.0530 e. The van der Waals surface area contributed by atoms with E-state index in [1.165, 1.54) is 51.4 Å². The number of alkyl halides is 1. The molecule has 0 radical (unpaired) electrons. The molecule has 2 nitrogen and oxygen atoms in total. The monoisotopic (exact) mass is 318 g/mol. The Morgan fingerprint density at radius 1 is 1.06 bits per heavy atom. The van der Waals surface area contributed by atoms with Gasteiger partial charge in [0.15, 0.2) is 0 Å². The van der Waals surface area contributed by atoms with E-state index in [4.69, 9.17) is 9.47 Å². The summed E-state index contributed by atoms with van der Waals surface area (Å²) in [5, 5.41) is 1.10. The Balaban J connectivity index is 1.71. The molecule has 1 aliphatic heterocycles. The molecule has 0 aromatic carbocycles. The van der Waals surface area contributed by atoms with Crippen LogP contribution in [0.5, 0.6) is 0 Å². The number of halogens is 1. The topological polar surface area (TPSA) is 18.5 Å². The first kappa shape index (κ1) is 14.8. The maximum atomic E-state index is 6.08. The summed E-state index contributed by atoms with van der Waals surface area (Å²) in [5.41, 5.74) is 0.418. The van der Waals surface area contributed by atoms with Crippen LogP contribution in [-0.4, -0.2) is 31.8 Å². The van der Waals surface area contributed by atoms with Crippen LogP contribution < -0.4 is 0 Å². The third-order valence-electron chi connectivity index (χ3n) is 4.55. The van der Waals surface area contributed by atoms with E-state index in [1.54, 1.807) is 0 Å². The Kier molecular flexibility index (Phi) is 6.46. The minimum absolute atomic E-state index is 0.418. The van der Waals surface area contributed by atoms with Gasteiger partial charge in [0.2, 0.25) is 0 Å². The van der Waals surface area contributed by atoms with Crippen LogP contribution >= 0.6 is 15.9 Å². The summed E-state index contributed by atoms with van der Waals surface area (Å²) in [7, 11) is 0. The molecular weight excluding hydrogens is 292 g/mol. The molecule has 106 valence electrons. The summed E-state index contributed by atoms with van der Waals surface area (Å²) in [6.07, 6.45) is 10.6. The van der Waals surface area contributed by atoms with Gasteiger partial charge in [-0.3, -0.25) is 0 Å². The summed E-state index contributed by atoms with van der Waals surface area (Å²) in [6, 6.07) is 0. The molecule has 2 fully saturated rings. The van der Waals surface area contributed by atoms with Crippen LogP contribution in [0.25, 0.3) is 0 Å². The second-order valence-corrected chi connectivity index (χ2v) is 6.68. The van der Waals surface area contributed by atoms with Gasteiger partial charge in [0.25, 0.3) is 0 Å². The molecule has 2 aliphatic rings. The van der Waals surface area contributed by atoms with Crippen LogP contribution in [0.4, 0.5) is 0 Å². The van der Waals surface area contributed by atoms with Gasteiger partial charge in [-0.1, -0.05) is 41.6 Å². The molecule has 1 heterocycles. The number of rotatable bonds is 5. The first-order valence-corrected chi connectivity index (χ1v) is 8.68. The van der Waals surface area contributed by atoms with Gasteiger partial charge >= 0.3 is 0 Å². The third kappa shape index (κ3) is 4.50. The van der Waals surface area contributed by atoms with Crippen LogP contribution in [0.2, 0.25) is 0 Å². The molecule has 0 aromatic heterocycles. The molecule has 0 unspecified atom stereocenters. The summed E-state index contributed by atoms with van der Waals surface area (Å²) in [4.78, 5) is 0. The highest BCUT2D eigenvalue weighted by Crippen LogP contribution is 2.37.